The maximum absolute atomic E-state index is 11.7. The van der Waals surface area contributed by atoms with Crippen LogP contribution in [0.2, 0.25) is 0 Å². The minimum Gasteiger partial charge on any atom is -0.454 e. The highest BCUT2D eigenvalue weighted by molar-refractivity contribution is 5.91. The van der Waals surface area contributed by atoms with Crippen molar-refractivity contribution in [3.8, 4) is 0 Å². The lowest BCUT2D eigenvalue weighted by Gasteiger charge is -2.23. The summed E-state index contributed by atoms with van der Waals surface area (Å²) in [6.45, 7) is 8.48. The van der Waals surface area contributed by atoms with E-state index in [1.54, 1.807) is 0 Å². The molecule has 0 N–H and O–H groups in total. The quantitative estimate of drug-likeness (QED) is 0.364. The van der Waals surface area contributed by atoms with E-state index in [-0.39, 0.29) is 18.0 Å². The Balaban J connectivity index is 2.03. The molecule has 0 spiro atoms. The van der Waals surface area contributed by atoms with Gasteiger partial charge in [-0.1, -0.05) is 19.1 Å². The van der Waals surface area contributed by atoms with E-state index in [0.717, 1.165) is 12.3 Å². The van der Waals surface area contributed by atoms with Crippen molar-refractivity contribution in [3.05, 3.63) is 23.3 Å². The number of hydrogen-bond acceptors (Lipinski definition) is 2. The van der Waals surface area contributed by atoms with Gasteiger partial charge in [-0.25, -0.2) is 4.79 Å². The van der Waals surface area contributed by atoms with Crippen LogP contribution in [0.25, 0.3) is 0 Å². The summed E-state index contributed by atoms with van der Waals surface area (Å²) < 4.78 is 5.59. The standard InChI is InChI=1S/C15H20O2/c1-8-4-7-12-10(3)15(16)17-14(12)13-9(2)5-6-11(8)13/h8,11-12,14H,3-7H2,1-2H3/t8-,11-,12+,14+/m1/s1. The van der Waals surface area contributed by atoms with Gasteiger partial charge in [0.05, 0.1) is 0 Å². The van der Waals surface area contributed by atoms with Crippen molar-refractivity contribution in [2.24, 2.45) is 17.8 Å². The van der Waals surface area contributed by atoms with Crippen LogP contribution in [-0.4, -0.2) is 12.1 Å². The third-order valence-corrected chi connectivity index (χ3v) is 4.96. The van der Waals surface area contributed by atoms with Crippen molar-refractivity contribution in [1.82, 2.24) is 0 Å². The van der Waals surface area contributed by atoms with Gasteiger partial charge in [0.1, 0.15) is 6.10 Å². The molecular weight excluding hydrogens is 212 g/mol. The van der Waals surface area contributed by atoms with Gasteiger partial charge in [-0.3, -0.25) is 0 Å². The lowest BCUT2D eigenvalue weighted by atomic mass is 9.85. The molecule has 92 valence electrons. The van der Waals surface area contributed by atoms with Crippen molar-refractivity contribution in [1.29, 1.82) is 0 Å². The molecule has 2 fully saturated rings. The molecule has 0 aromatic heterocycles. The second-order valence-electron chi connectivity index (χ2n) is 5.89. The van der Waals surface area contributed by atoms with E-state index in [9.17, 15) is 4.79 Å². The first kappa shape index (κ1) is 11.1. The van der Waals surface area contributed by atoms with Crippen molar-refractivity contribution >= 4 is 5.97 Å². The first-order chi connectivity index (χ1) is 8.09. The van der Waals surface area contributed by atoms with Crippen molar-refractivity contribution < 1.29 is 9.53 Å². The molecule has 1 aliphatic heterocycles. The second kappa shape index (κ2) is 3.72. The molecule has 1 heterocycles. The minimum atomic E-state index is -0.166. The first-order valence-corrected chi connectivity index (χ1v) is 6.69. The number of hydrogen-bond donors (Lipinski definition) is 0. The zero-order chi connectivity index (χ0) is 12.2. The van der Waals surface area contributed by atoms with Crippen LogP contribution in [0.5, 0.6) is 0 Å². The third kappa shape index (κ3) is 1.50. The summed E-state index contributed by atoms with van der Waals surface area (Å²) in [5.41, 5.74) is 3.60. The van der Waals surface area contributed by atoms with Crippen molar-refractivity contribution in [3.63, 3.8) is 0 Å². The van der Waals surface area contributed by atoms with Crippen LogP contribution in [0.1, 0.15) is 39.5 Å². The average Bonchev–Trinajstić information content (AvgIpc) is 2.75. The van der Waals surface area contributed by atoms with E-state index in [1.807, 2.05) is 0 Å². The SMILES string of the molecule is C=C1C(=O)O[C@@H]2C3=C(C)CC[C@@H]3[C@H](C)CC[C@@H]12. The fraction of sp³-hybridized carbons (Fsp3) is 0.667. The zero-order valence-electron chi connectivity index (χ0n) is 10.7. The van der Waals surface area contributed by atoms with Crippen LogP contribution in [0, 0.1) is 17.8 Å². The number of ether oxygens (including phenoxy) is 1. The fourth-order valence-corrected chi connectivity index (χ4v) is 3.89. The van der Waals surface area contributed by atoms with Gasteiger partial charge in [-0.2, -0.15) is 0 Å². The topological polar surface area (TPSA) is 26.3 Å². The third-order valence-electron chi connectivity index (χ3n) is 4.96. The average molecular weight is 232 g/mol. The normalized spacial score (nSPS) is 41.1. The monoisotopic (exact) mass is 232 g/mol. The van der Waals surface area contributed by atoms with Gasteiger partial charge in [-0.05, 0) is 50.0 Å². The summed E-state index contributed by atoms with van der Waals surface area (Å²) in [6, 6.07) is 0. The van der Waals surface area contributed by atoms with Crippen molar-refractivity contribution in [2.75, 3.05) is 0 Å². The van der Waals surface area contributed by atoms with Gasteiger partial charge in [0.15, 0.2) is 0 Å². The Morgan fingerprint density at radius 3 is 2.76 bits per heavy atom. The van der Waals surface area contributed by atoms with E-state index in [4.69, 9.17) is 4.74 Å². The van der Waals surface area contributed by atoms with Crippen LogP contribution < -0.4 is 0 Å². The Hall–Kier alpha value is -1.05. The smallest absolute Gasteiger partial charge is 0.334 e. The maximum atomic E-state index is 11.7. The molecule has 4 atom stereocenters. The number of allylic oxidation sites excluding steroid dienone is 1. The summed E-state index contributed by atoms with van der Waals surface area (Å²) in [6.07, 6.45) is 4.70. The second-order valence-corrected chi connectivity index (χ2v) is 5.89. The number of fused-ring (bicyclic) bond motifs is 3. The molecule has 3 rings (SSSR count). The molecule has 0 bridgehead atoms. The van der Waals surface area contributed by atoms with Crippen LogP contribution in [-0.2, 0) is 9.53 Å². The molecule has 2 nitrogen and oxygen atoms in total. The summed E-state index contributed by atoms with van der Waals surface area (Å²) in [4.78, 5) is 11.7. The lowest BCUT2D eigenvalue weighted by Crippen LogP contribution is -2.21. The van der Waals surface area contributed by atoms with Crippen molar-refractivity contribution in [2.45, 2.75) is 45.6 Å². The Morgan fingerprint density at radius 2 is 2.00 bits per heavy atom. The predicted octanol–water partition coefficient (Wildman–Crippen LogP) is 3.24. The van der Waals surface area contributed by atoms with E-state index >= 15 is 0 Å². The Morgan fingerprint density at radius 1 is 1.24 bits per heavy atom. The van der Waals surface area contributed by atoms with Crippen LogP contribution in [0.15, 0.2) is 23.3 Å². The lowest BCUT2D eigenvalue weighted by molar-refractivity contribution is -0.138. The molecule has 1 saturated heterocycles. The van der Waals surface area contributed by atoms with Gasteiger partial charge in [0, 0.05) is 11.5 Å². The van der Waals surface area contributed by atoms with Gasteiger partial charge < -0.3 is 4.74 Å². The maximum Gasteiger partial charge on any atom is 0.334 e. The van der Waals surface area contributed by atoms with E-state index in [2.05, 4.69) is 20.4 Å². The van der Waals surface area contributed by atoms with Gasteiger partial charge in [0.2, 0.25) is 0 Å². The Labute approximate surface area is 103 Å². The number of esters is 1. The number of rotatable bonds is 0. The summed E-state index contributed by atoms with van der Waals surface area (Å²) in [7, 11) is 0. The van der Waals surface area contributed by atoms with Crippen LogP contribution in [0.4, 0.5) is 0 Å². The highest BCUT2D eigenvalue weighted by Gasteiger charge is 2.47. The molecule has 2 aliphatic carbocycles. The first-order valence-electron chi connectivity index (χ1n) is 6.69. The molecule has 0 aromatic rings. The molecule has 0 aromatic carbocycles. The minimum absolute atomic E-state index is 0.0208. The van der Waals surface area contributed by atoms with Crippen LogP contribution >= 0.6 is 0 Å². The molecule has 3 aliphatic rings. The van der Waals surface area contributed by atoms with E-state index in [0.29, 0.717) is 11.5 Å². The van der Waals surface area contributed by atoms with Gasteiger partial charge in [-0.15, -0.1) is 0 Å². The van der Waals surface area contributed by atoms with Gasteiger partial charge >= 0.3 is 5.97 Å². The molecule has 17 heavy (non-hydrogen) atoms. The Kier molecular flexibility index (Phi) is 2.42. The summed E-state index contributed by atoms with van der Waals surface area (Å²) >= 11 is 0. The highest BCUT2D eigenvalue weighted by Crippen LogP contribution is 2.49. The summed E-state index contributed by atoms with van der Waals surface area (Å²) in [5, 5.41) is 0. The Bertz CT molecular complexity index is 419. The number of carbonyl (C=O) groups excluding carboxylic acids is 1. The molecule has 2 heteroatoms. The molecule has 1 saturated carbocycles. The van der Waals surface area contributed by atoms with E-state index < -0.39 is 0 Å². The molecule has 0 radical (unpaired) electrons. The van der Waals surface area contributed by atoms with Crippen LogP contribution in [0.3, 0.4) is 0 Å². The summed E-state index contributed by atoms with van der Waals surface area (Å²) in [5.74, 6) is 1.45. The molecule has 0 amide bonds. The predicted molar refractivity (Wildman–Crippen MR) is 66.3 cm³/mol. The molecule has 0 unspecified atom stereocenters. The fourth-order valence-electron chi connectivity index (χ4n) is 3.89. The largest absolute Gasteiger partial charge is 0.454 e. The highest BCUT2D eigenvalue weighted by atomic mass is 16.6. The van der Waals surface area contributed by atoms with Gasteiger partial charge in [0.25, 0.3) is 0 Å². The zero-order valence-corrected chi connectivity index (χ0v) is 10.7. The molecular formula is C15H20O2. The van der Waals surface area contributed by atoms with E-state index in [1.165, 1.54) is 30.4 Å². The number of carbonyl (C=O) groups is 1.